The normalized spacial score (nSPS) is 16.2. The van der Waals surface area contributed by atoms with Crippen molar-refractivity contribution >= 4 is 27.3 Å². The van der Waals surface area contributed by atoms with E-state index in [1.165, 1.54) is 10.4 Å². The standard InChI is InChI=1S/C20H23N3O4S/c1-3-22(2)28(25,26)19-12-14-18(13-16(19)23-10-6-7-11-23)27-17-9-5-4-8-15(17)21-20(14)24/h4-5,8-9,12-13H,3,6-7,10-11H2,1-2H3,(H,21,24). The van der Waals surface area contributed by atoms with Crippen molar-refractivity contribution in [3.63, 3.8) is 0 Å². The van der Waals surface area contributed by atoms with Crippen molar-refractivity contribution in [2.75, 3.05) is 36.9 Å². The molecule has 8 heteroatoms. The van der Waals surface area contributed by atoms with Gasteiger partial charge in [0, 0.05) is 32.7 Å². The smallest absolute Gasteiger partial charge is 0.259 e. The summed E-state index contributed by atoms with van der Waals surface area (Å²) >= 11 is 0. The number of anilines is 2. The number of benzene rings is 2. The maximum absolute atomic E-state index is 13.2. The molecule has 0 aliphatic carbocycles. The number of nitrogens with one attached hydrogen (secondary N) is 1. The predicted molar refractivity (Wildman–Crippen MR) is 108 cm³/mol. The van der Waals surface area contributed by atoms with Gasteiger partial charge in [-0.05, 0) is 31.0 Å². The second-order valence-electron chi connectivity index (χ2n) is 6.98. The number of carbonyl (C=O) groups is 1. The Bertz CT molecular complexity index is 1030. The van der Waals surface area contributed by atoms with E-state index in [1.54, 1.807) is 38.2 Å². The Morgan fingerprint density at radius 3 is 2.57 bits per heavy atom. The minimum atomic E-state index is -3.74. The summed E-state index contributed by atoms with van der Waals surface area (Å²) in [5.41, 5.74) is 1.35. The van der Waals surface area contributed by atoms with Crippen LogP contribution in [0.15, 0.2) is 41.3 Å². The van der Waals surface area contributed by atoms with Gasteiger partial charge in [-0.2, -0.15) is 0 Å². The summed E-state index contributed by atoms with van der Waals surface area (Å²) in [5, 5.41) is 2.80. The fourth-order valence-corrected chi connectivity index (χ4v) is 4.92. The highest BCUT2D eigenvalue weighted by Crippen LogP contribution is 2.41. The van der Waals surface area contributed by atoms with Crippen LogP contribution in [0.4, 0.5) is 11.4 Å². The number of sulfonamides is 1. The van der Waals surface area contributed by atoms with Crippen LogP contribution < -0.4 is 15.0 Å². The monoisotopic (exact) mass is 401 g/mol. The Morgan fingerprint density at radius 1 is 1.14 bits per heavy atom. The highest BCUT2D eigenvalue weighted by Gasteiger charge is 2.31. The molecule has 2 aliphatic heterocycles. The number of nitrogens with zero attached hydrogens (tertiary/aromatic N) is 2. The van der Waals surface area contributed by atoms with Gasteiger partial charge in [0.25, 0.3) is 5.91 Å². The molecule has 0 unspecified atom stereocenters. The molecular formula is C20H23N3O4S. The summed E-state index contributed by atoms with van der Waals surface area (Å²) < 4.78 is 33.6. The van der Waals surface area contributed by atoms with Crippen molar-refractivity contribution in [3.8, 4) is 11.5 Å². The van der Waals surface area contributed by atoms with Crippen LogP contribution in [0.2, 0.25) is 0 Å². The third kappa shape index (κ3) is 3.12. The molecule has 0 atom stereocenters. The van der Waals surface area contributed by atoms with Crippen molar-refractivity contribution < 1.29 is 17.9 Å². The molecular weight excluding hydrogens is 378 g/mol. The van der Waals surface area contributed by atoms with Crippen molar-refractivity contribution in [1.29, 1.82) is 0 Å². The van der Waals surface area contributed by atoms with Gasteiger partial charge in [0.05, 0.1) is 16.9 Å². The molecule has 1 saturated heterocycles. The minimum Gasteiger partial charge on any atom is -0.454 e. The third-order valence-corrected chi connectivity index (χ3v) is 7.20. The SMILES string of the molecule is CCN(C)S(=O)(=O)c1cc2c(cc1N1CCCC1)Oc1ccccc1NC2=O. The molecule has 0 aromatic heterocycles. The van der Waals surface area contributed by atoms with Crippen LogP contribution in [0.25, 0.3) is 0 Å². The van der Waals surface area contributed by atoms with E-state index in [0.29, 0.717) is 29.4 Å². The summed E-state index contributed by atoms with van der Waals surface area (Å²) in [6, 6.07) is 10.3. The lowest BCUT2D eigenvalue weighted by Crippen LogP contribution is -2.30. The molecule has 2 aromatic rings. The van der Waals surface area contributed by atoms with E-state index in [0.717, 1.165) is 25.9 Å². The molecule has 0 saturated carbocycles. The van der Waals surface area contributed by atoms with E-state index in [-0.39, 0.29) is 16.4 Å². The van der Waals surface area contributed by atoms with Crippen molar-refractivity contribution in [2.45, 2.75) is 24.7 Å². The second kappa shape index (κ2) is 7.10. The highest BCUT2D eigenvalue weighted by molar-refractivity contribution is 7.89. The molecule has 28 heavy (non-hydrogen) atoms. The van der Waals surface area contributed by atoms with E-state index in [1.807, 2.05) is 6.07 Å². The van der Waals surface area contributed by atoms with Gasteiger partial charge in [0.15, 0.2) is 5.75 Å². The van der Waals surface area contributed by atoms with Gasteiger partial charge in [0.1, 0.15) is 10.6 Å². The number of hydrogen-bond acceptors (Lipinski definition) is 5. The molecule has 1 N–H and O–H groups in total. The molecule has 2 aliphatic rings. The Balaban J connectivity index is 1.91. The molecule has 0 radical (unpaired) electrons. The Morgan fingerprint density at radius 2 is 1.86 bits per heavy atom. The zero-order valence-corrected chi connectivity index (χ0v) is 16.8. The number of ether oxygens (including phenoxy) is 1. The number of carbonyl (C=O) groups excluding carboxylic acids is 1. The lowest BCUT2D eigenvalue weighted by molar-refractivity contribution is 0.102. The van der Waals surface area contributed by atoms with Gasteiger partial charge < -0.3 is 15.0 Å². The number of fused-ring (bicyclic) bond motifs is 2. The van der Waals surface area contributed by atoms with E-state index < -0.39 is 10.0 Å². The second-order valence-corrected chi connectivity index (χ2v) is 9.00. The van der Waals surface area contributed by atoms with Crippen molar-refractivity contribution in [1.82, 2.24) is 4.31 Å². The van der Waals surface area contributed by atoms with Crippen LogP contribution in [0, 0.1) is 0 Å². The average molecular weight is 401 g/mol. The van der Waals surface area contributed by atoms with Gasteiger partial charge in [-0.3, -0.25) is 4.79 Å². The number of hydrogen-bond donors (Lipinski definition) is 1. The first kappa shape index (κ1) is 18.8. The molecule has 7 nitrogen and oxygen atoms in total. The summed E-state index contributed by atoms with van der Waals surface area (Å²) in [7, 11) is -2.19. The summed E-state index contributed by atoms with van der Waals surface area (Å²) in [5.74, 6) is 0.509. The molecule has 2 aromatic carbocycles. The quantitative estimate of drug-likeness (QED) is 0.851. The fourth-order valence-electron chi connectivity index (χ4n) is 3.53. The maximum atomic E-state index is 13.2. The summed E-state index contributed by atoms with van der Waals surface area (Å²) in [6.45, 7) is 3.68. The van der Waals surface area contributed by atoms with Crippen LogP contribution in [0.3, 0.4) is 0 Å². The number of rotatable bonds is 4. The molecule has 1 fully saturated rings. The van der Waals surface area contributed by atoms with Crippen LogP contribution in [-0.2, 0) is 10.0 Å². The Hall–Kier alpha value is -2.58. The molecule has 0 bridgehead atoms. The zero-order valence-electron chi connectivity index (χ0n) is 15.9. The van der Waals surface area contributed by atoms with Crippen molar-refractivity contribution in [3.05, 3.63) is 42.0 Å². The van der Waals surface area contributed by atoms with E-state index in [2.05, 4.69) is 10.2 Å². The first-order valence-electron chi connectivity index (χ1n) is 9.39. The van der Waals surface area contributed by atoms with Crippen LogP contribution >= 0.6 is 0 Å². The fraction of sp³-hybridized carbons (Fsp3) is 0.350. The Labute approximate surface area is 165 Å². The third-order valence-electron chi connectivity index (χ3n) is 5.24. The molecule has 2 heterocycles. The van der Waals surface area contributed by atoms with Crippen molar-refractivity contribution in [2.24, 2.45) is 0 Å². The molecule has 1 amide bonds. The zero-order chi connectivity index (χ0) is 19.9. The van der Waals surface area contributed by atoms with Gasteiger partial charge in [0.2, 0.25) is 10.0 Å². The predicted octanol–water partition coefficient (Wildman–Crippen LogP) is 3.29. The molecule has 4 rings (SSSR count). The lowest BCUT2D eigenvalue weighted by Gasteiger charge is -2.25. The topological polar surface area (TPSA) is 79.0 Å². The first-order valence-corrected chi connectivity index (χ1v) is 10.8. The van der Waals surface area contributed by atoms with Crippen LogP contribution in [0.5, 0.6) is 11.5 Å². The van der Waals surface area contributed by atoms with Gasteiger partial charge in [-0.15, -0.1) is 0 Å². The molecule has 148 valence electrons. The highest BCUT2D eigenvalue weighted by atomic mass is 32.2. The largest absolute Gasteiger partial charge is 0.454 e. The van der Waals surface area contributed by atoms with E-state index in [9.17, 15) is 13.2 Å². The molecule has 0 spiro atoms. The van der Waals surface area contributed by atoms with E-state index >= 15 is 0 Å². The van der Waals surface area contributed by atoms with E-state index in [4.69, 9.17) is 4.74 Å². The summed E-state index contributed by atoms with van der Waals surface area (Å²) in [6.07, 6.45) is 2.01. The maximum Gasteiger partial charge on any atom is 0.259 e. The van der Waals surface area contributed by atoms with Gasteiger partial charge in [-0.1, -0.05) is 19.1 Å². The number of para-hydroxylation sites is 2. The number of amides is 1. The summed E-state index contributed by atoms with van der Waals surface area (Å²) in [4.78, 5) is 15.0. The van der Waals surface area contributed by atoms with Crippen LogP contribution in [-0.4, -0.2) is 45.3 Å². The van der Waals surface area contributed by atoms with Gasteiger partial charge in [-0.25, -0.2) is 12.7 Å². The van der Waals surface area contributed by atoms with Gasteiger partial charge >= 0.3 is 0 Å². The first-order chi connectivity index (χ1) is 13.4. The lowest BCUT2D eigenvalue weighted by atomic mass is 10.1. The minimum absolute atomic E-state index is 0.141. The van der Waals surface area contributed by atoms with Crippen LogP contribution in [0.1, 0.15) is 30.1 Å². The average Bonchev–Trinajstić information content (AvgIpc) is 3.18. The Kier molecular flexibility index (Phi) is 4.76.